The number of guanidine groups is 1. The Bertz CT molecular complexity index is 771. The lowest BCUT2D eigenvalue weighted by atomic mass is 10.2. The SMILES string of the molecule is CCCC(=O)Nc1cccc(CN=C(NCC)N(C)Cc2csc(C)n2)c1. The lowest BCUT2D eigenvalue weighted by molar-refractivity contribution is -0.116. The fourth-order valence-corrected chi connectivity index (χ4v) is 3.24. The molecule has 2 rings (SSSR count). The molecule has 0 aliphatic heterocycles. The zero-order valence-electron chi connectivity index (χ0n) is 16.6. The molecule has 27 heavy (non-hydrogen) atoms. The second kappa shape index (κ2) is 10.7. The number of benzene rings is 1. The van der Waals surface area contributed by atoms with Crippen molar-refractivity contribution in [1.29, 1.82) is 0 Å². The molecule has 0 fully saturated rings. The number of hydrogen-bond acceptors (Lipinski definition) is 4. The number of hydrogen-bond donors (Lipinski definition) is 2. The predicted octanol–water partition coefficient (Wildman–Crippen LogP) is 3.79. The summed E-state index contributed by atoms with van der Waals surface area (Å²) in [5.74, 6) is 0.883. The van der Waals surface area contributed by atoms with Crippen LogP contribution in [-0.2, 0) is 17.9 Å². The van der Waals surface area contributed by atoms with Gasteiger partial charge in [-0.05, 0) is 38.0 Å². The molecule has 1 aromatic heterocycles. The number of aromatic nitrogens is 1. The van der Waals surface area contributed by atoms with Gasteiger partial charge in [0.25, 0.3) is 0 Å². The second-order valence-electron chi connectivity index (χ2n) is 6.38. The van der Waals surface area contributed by atoms with Gasteiger partial charge in [-0.15, -0.1) is 11.3 Å². The molecular weight excluding hydrogens is 358 g/mol. The highest BCUT2D eigenvalue weighted by molar-refractivity contribution is 7.09. The molecule has 1 heterocycles. The van der Waals surface area contributed by atoms with Crippen molar-refractivity contribution in [1.82, 2.24) is 15.2 Å². The minimum absolute atomic E-state index is 0.0461. The number of nitrogens with zero attached hydrogens (tertiary/aromatic N) is 3. The summed E-state index contributed by atoms with van der Waals surface area (Å²) < 4.78 is 0. The molecule has 0 bridgehead atoms. The Kier molecular flexibility index (Phi) is 8.26. The van der Waals surface area contributed by atoms with Crippen molar-refractivity contribution in [2.45, 2.75) is 46.7 Å². The van der Waals surface area contributed by atoms with E-state index in [2.05, 4.69) is 32.8 Å². The van der Waals surface area contributed by atoms with Crippen molar-refractivity contribution in [2.75, 3.05) is 18.9 Å². The lowest BCUT2D eigenvalue weighted by Gasteiger charge is -2.21. The monoisotopic (exact) mass is 387 g/mol. The first-order chi connectivity index (χ1) is 13.0. The van der Waals surface area contributed by atoms with Crippen LogP contribution in [0.3, 0.4) is 0 Å². The van der Waals surface area contributed by atoms with Crippen molar-refractivity contribution in [3.63, 3.8) is 0 Å². The van der Waals surface area contributed by atoms with Crippen LogP contribution < -0.4 is 10.6 Å². The zero-order valence-corrected chi connectivity index (χ0v) is 17.4. The molecule has 0 saturated carbocycles. The highest BCUT2D eigenvalue weighted by Gasteiger charge is 2.09. The number of nitrogens with one attached hydrogen (secondary N) is 2. The molecule has 0 atom stereocenters. The average molecular weight is 388 g/mol. The number of carbonyl (C=O) groups is 1. The predicted molar refractivity (Wildman–Crippen MR) is 113 cm³/mol. The van der Waals surface area contributed by atoms with Gasteiger partial charge in [-0.3, -0.25) is 4.79 Å². The van der Waals surface area contributed by atoms with Crippen LogP contribution in [0.25, 0.3) is 0 Å². The average Bonchev–Trinajstić information content (AvgIpc) is 3.03. The van der Waals surface area contributed by atoms with Gasteiger partial charge in [0.2, 0.25) is 5.91 Å². The van der Waals surface area contributed by atoms with Crippen LogP contribution in [0.5, 0.6) is 0 Å². The maximum Gasteiger partial charge on any atom is 0.224 e. The Hall–Kier alpha value is -2.41. The number of amides is 1. The van der Waals surface area contributed by atoms with Crippen LogP contribution in [0.4, 0.5) is 5.69 Å². The largest absolute Gasteiger partial charge is 0.357 e. The standard InChI is InChI=1S/C20H29N5OS/c1-5-8-19(26)24-17-10-7-9-16(11-17)12-22-20(21-6-2)25(4)13-18-14-27-15(3)23-18/h7,9-11,14H,5-6,8,12-13H2,1-4H3,(H,21,22)(H,24,26). The van der Waals surface area contributed by atoms with E-state index in [1.807, 2.05) is 45.2 Å². The first kappa shape index (κ1) is 20.9. The van der Waals surface area contributed by atoms with Crippen LogP contribution in [-0.4, -0.2) is 35.3 Å². The van der Waals surface area contributed by atoms with Gasteiger partial charge in [0.05, 0.1) is 23.8 Å². The fraction of sp³-hybridized carbons (Fsp3) is 0.450. The normalized spacial score (nSPS) is 11.3. The van der Waals surface area contributed by atoms with Crippen LogP contribution in [0, 0.1) is 6.92 Å². The van der Waals surface area contributed by atoms with Crippen molar-refractivity contribution >= 4 is 28.9 Å². The molecule has 1 aromatic carbocycles. The molecule has 146 valence electrons. The molecule has 2 aromatic rings. The van der Waals surface area contributed by atoms with Gasteiger partial charge in [-0.1, -0.05) is 19.1 Å². The smallest absolute Gasteiger partial charge is 0.224 e. The molecule has 2 N–H and O–H groups in total. The van der Waals surface area contributed by atoms with Crippen LogP contribution >= 0.6 is 11.3 Å². The summed E-state index contributed by atoms with van der Waals surface area (Å²) in [5.41, 5.74) is 2.92. The van der Waals surface area contributed by atoms with E-state index >= 15 is 0 Å². The molecule has 0 unspecified atom stereocenters. The molecule has 0 aliphatic carbocycles. The maximum atomic E-state index is 11.8. The number of aliphatic imine (C=N–C) groups is 1. The van der Waals surface area contributed by atoms with Gasteiger partial charge in [0.15, 0.2) is 5.96 Å². The first-order valence-corrected chi connectivity index (χ1v) is 10.2. The molecule has 7 heteroatoms. The number of rotatable bonds is 8. The first-order valence-electron chi connectivity index (χ1n) is 9.31. The molecule has 0 aliphatic rings. The highest BCUT2D eigenvalue weighted by Crippen LogP contribution is 2.13. The van der Waals surface area contributed by atoms with E-state index in [1.165, 1.54) is 0 Å². The molecule has 6 nitrogen and oxygen atoms in total. The van der Waals surface area contributed by atoms with E-state index in [9.17, 15) is 4.79 Å². The summed E-state index contributed by atoms with van der Waals surface area (Å²) >= 11 is 1.66. The van der Waals surface area contributed by atoms with E-state index in [-0.39, 0.29) is 5.91 Å². The van der Waals surface area contributed by atoms with Gasteiger partial charge >= 0.3 is 0 Å². The molecular formula is C20H29N5OS. The quantitative estimate of drug-likeness (QED) is 0.534. The van der Waals surface area contributed by atoms with E-state index in [0.29, 0.717) is 19.5 Å². The summed E-state index contributed by atoms with van der Waals surface area (Å²) in [6.45, 7) is 8.12. The van der Waals surface area contributed by atoms with E-state index in [0.717, 1.165) is 40.9 Å². The number of thiazole rings is 1. The topological polar surface area (TPSA) is 69.6 Å². The second-order valence-corrected chi connectivity index (χ2v) is 7.44. The van der Waals surface area contributed by atoms with Crippen molar-refractivity contribution < 1.29 is 4.79 Å². The molecule has 0 saturated heterocycles. The number of aryl methyl sites for hydroxylation is 1. The van der Waals surface area contributed by atoms with Crippen molar-refractivity contribution in [3.8, 4) is 0 Å². The fourth-order valence-electron chi connectivity index (χ4n) is 2.63. The van der Waals surface area contributed by atoms with Crippen LogP contribution in [0.1, 0.15) is 43.0 Å². The van der Waals surface area contributed by atoms with Gasteiger partial charge in [0, 0.05) is 31.1 Å². The molecule has 0 radical (unpaired) electrons. The van der Waals surface area contributed by atoms with Crippen molar-refractivity contribution in [2.24, 2.45) is 4.99 Å². The summed E-state index contributed by atoms with van der Waals surface area (Å²) in [6, 6.07) is 7.85. The maximum absolute atomic E-state index is 11.8. The van der Waals surface area contributed by atoms with E-state index in [4.69, 9.17) is 4.99 Å². The van der Waals surface area contributed by atoms with Gasteiger partial charge in [0.1, 0.15) is 0 Å². The Morgan fingerprint density at radius 3 is 2.81 bits per heavy atom. The third kappa shape index (κ3) is 7.02. The summed E-state index contributed by atoms with van der Waals surface area (Å²) in [7, 11) is 2.01. The van der Waals surface area contributed by atoms with Gasteiger partial charge in [-0.2, -0.15) is 0 Å². The minimum Gasteiger partial charge on any atom is -0.357 e. The number of carbonyl (C=O) groups excluding carboxylic acids is 1. The van der Waals surface area contributed by atoms with Crippen LogP contribution in [0.2, 0.25) is 0 Å². The molecule has 0 spiro atoms. The summed E-state index contributed by atoms with van der Waals surface area (Å²) in [5, 5.41) is 9.41. The third-order valence-electron chi connectivity index (χ3n) is 3.86. The van der Waals surface area contributed by atoms with Crippen molar-refractivity contribution in [3.05, 3.63) is 45.9 Å². The lowest BCUT2D eigenvalue weighted by Crippen LogP contribution is -2.38. The summed E-state index contributed by atoms with van der Waals surface area (Å²) in [4.78, 5) is 23.1. The van der Waals surface area contributed by atoms with Crippen LogP contribution in [0.15, 0.2) is 34.6 Å². The Morgan fingerprint density at radius 1 is 1.33 bits per heavy atom. The van der Waals surface area contributed by atoms with E-state index < -0.39 is 0 Å². The Balaban J connectivity index is 2.04. The van der Waals surface area contributed by atoms with Gasteiger partial charge in [-0.25, -0.2) is 9.98 Å². The highest BCUT2D eigenvalue weighted by atomic mass is 32.1. The Morgan fingerprint density at radius 2 is 2.15 bits per heavy atom. The van der Waals surface area contributed by atoms with Gasteiger partial charge < -0.3 is 15.5 Å². The Labute approximate surface area is 165 Å². The molecule has 1 amide bonds. The minimum atomic E-state index is 0.0461. The third-order valence-corrected chi connectivity index (χ3v) is 4.68. The number of anilines is 1. The zero-order chi connectivity index (χ0) is 19.6. The summed E-state index contributed by atoms with van der Waals surface area (Å²) in [6.07, 6.45) is 1.38. The van der Waals surface area contributed by atoms with E-state index in [1.54, 1.807) is 11.3 Å².